The Labute approximate surface area is 129 Å². The van der Waals surface area contributed by atoms with Crippen LogP contribution in [0.3, 0.4) is 0 Å². The van der Waals surface area contributed by atoms with E-state index in [-0.39, 0.29) is 17.6 Å². The van der Waals surface area contributed by atoms with Gasteiger partial charge in [0.1, 0.15) is 17.5 Å². The number of ketones is 1. The minimum absolute atomic E-state index is 0.00404. The molecule has 2 bridgehead atoms. The molecular weight excluding hydrogens is 264 g/mol. The van der Waals surface area contributed by atoms with E-state index in [0.29, 0.717) is 18.1 Å². The summed E-state index contributed by atoms with van der Waals surface area (Å²) in [7, 11) is 0. The molecule has 0 spiro atoms. The van der Waals surface area contributed by atoms with Crippen molar-refractivity contribution in [2.45, 2.75) is 96.7 Å². The van der Waals surface area contributed by atoms with Gasteiger partial charge in [-0.15, -0.1) is 0 Å². The first kappa shape index (κ1) is 17.0. The van der Waals surface area contributed by atoms with Crippen LogP contribution in [-0.4, -0.2) is 17.5 Å². The van der Waals surface area contributed by atoms with Gasteiger partial charge in [-0.25, -0.2) is 9.78 Å². The monoisotopic (exact) mass is 296 g/mol. The zero-order valence-corrected chi connectivity index (χ0v) is 14.0. The highest BCUT2D eigenvalue weighted by molar-refractivity contribution is 5.82. The maximum absolute atomic E-state index is 12.0. The molecule has 2 aliphatic rings. The Morgan fingerprint density at radius 1 is 1.14 bits per heavy atom. The highest BCUT2D eigenvalue weighted by Crippen LogP contribution is 2.44. The summed E-state index contributed by atoms with van der Waals surface area (Å²) in [6, 6.07) is 0. The number of fused-ring (bicyclic) bond motifs is 2. The molecule has 3 nitrogen and oxygen atoms in total. The zero-order valence-electron chi connectivity index (χ0n) is 14.0. The second-order valence-corrected chi connectivity index (χ2v) is 7.29. The van der Waals surface area contributed by atoms with Crippen molar-refractivity contribution in [1.82, 2.24) is 0 Å². The van der Waals surface area contributed by atoms with Crippen LogP contribution >= 0.6 is 0 Å². The number of rotatable bonds is 8. The average Bonchev–Trinajstić information content (AvgIpc) is 2.47. The Balaban J connectivity index is 1.71. The van der Waals surface area contributed by atoms with Gasteiger partial charge in [-0.1, -0.05) is 58.8 Å². The molecule has 0 aromatic carbocycles. The molecule has 0 unspecified atom stereocenters. The number of hydrogen-bond donors (Lipinski definition) is 0. The van der Waals surface area contributed by atoms with Crippen LogP contribution in [-0.2, 0) is 14.6 Å². The van der Waals surface area contributed by atoms with E-state index in [1.165, 1.54) is 44.9 Å². The number of hydrogen-bond acceptors (Lipinski definition) is 3. The fourth-order valence-corrected chi connectivity index (χ4v) is 3.71. The molecule has 0 radical (unpaired) electrons. The van der Waals surface area contributed by atoms with E-state index in [1.54, 1.807) is 0 Å². The predicted octanol–water partition coefficient (Wildman–Crippen LogP) is 4.83. The zero-order chi connectivity index (χ0) is 15.3. The largest absolute Gasteiger partial charge is 0.299 e. The number of carbonyl (C=O) groups excluding carboxylic acids is 1. The SMILES string of the molecule is CCCCCCCCC[C@@]1(C)OO[C@@H]2C[C@H]1CC(=O)[C@@H]2C. The van der Waals surface area contributed by atoms with Crippen molar-refractivity contribution < 1.29 is 14.6 Å². The fourth-order valence-electron chi connectivity index (χ4n) is 3.71. The fraction of sp³-hybridized carbons (Fsp3) is 0.944. The van der Waals surface area contributed by atoms with Crippen LogP contribution in [0, 0.1) is 11.8 Å². The molecular formula is C18H32O3. The molecule has 0 aromatic rings. The molecule has 1 aliphatic heterocycles. The highest BCUT2D eigenvalue weighted by atomic mass is 17.2. The third kappa shape index (κ3) is 4.29. The third-order valence-corrected chi connectivity index (χ3v) is 5.53. The lowest BCUT2D eigenvalue weighted by molar-refractivity contribution is -0.429. The number of Topliss-reactive ketones (excluding diaryl/α,β-unsaturated/α-hetero) is 1. The summed E-state index contributed by atoms with van der Waals surface area (Å²) in [5.74, 6) is 0.703. The molecule has 1 heterocycles. The summed E-state index contributed by atoms with van der Waals surface area (Å²) < 4.78 is 0. The lowest BCUT2D eigenvalue weighted by Gasteiger charge is -2.47. The summed E-state index contributed by atoms with van der Waals surface area (Å²) in [4.78, 5) is 23.3. The topological polar surface area (TPSA) is 35.5 Å². The van der Waals surface area contributed by atoms with E-state index in [4.69, 9.17) is 9.78 Å². The van der Waals surface area contributed by atoms with Crippen LogP contribution in [0.4, 0.5) is 0 Å². The van der Waals surface area contributed by atoms with Crippen molar-refractivity contribution in [3.8, 4) is 0 Å². The van der Waals surface area contributed by atoms with E-state index in [9.17, 15) is 4.79 Å². The molecule has 1 saturated heterocycles. The summed E-state index contributed by atoms with van der Waals surface area (Å²) in [5.41, 5.74) is -0.254. The minimum atomic E-state index is -0.254. The first-order valence-electron chi connectivity index (χ1n) is 8.94. The average molecular weight is 296 g/mol. The van der Waals surface area contributed by atoms with Gasteiger partial charge in [0.2, 0.25) is 0 Å². The normalized spacial score (nSPS) is 36.0. The molecule has 1 saturated carbocycles. The minimum Gasteiger partial charge on any atom is -0.299 e. The lowest BCUT2D eigenvalue weighted by atomic mass is 9.70. The molecule has 122 valence electrons. The Hall–Kier alpha value is -0.410. The summed E-state index contributed by atoms with van der Waals surface area (Å²) in [5, 5.41) is 0. The lowest BCUT2D eigenvalue weighted by Crippen LogP contribution is -2.52. The van der Waals surface area contributed by atoms with Gasteiger partial charge in [-0.3, -0.25) is 4.79 Å². The molecule has 2 fully saturated rings. The second kappa shape index (κ2) is 7.73. The van der Waals surface area contributed by atoms with E-state index in [2.05, 4.69) is 13.8 Å². The molecule has 0 aromatic heterocycles. The van der Waals surface area contributed by atoms with Crippen molar-refractivity contribution in [2.24, 2.45) is 11.8 Å². The van der Waals surface area contributed by atoms with Gasteiger partial charge < -0.3 is 0 Å². The summed E-state index contributed by atoms with van der Waals surface area (Å²) in [6.45, 7) is 6.35. The van der Waals surface area contributed by atoms with Gasteiger partial charge in [0.15, 0.2) is 0 Å². The predicted molar refractivity (Wildman–Crippen MR) is 83.9 cm³/mol. The van der Waals surface area contributed by atoms with E-state index >= 15 is 0 Å². The molecule has 0 N–H and O–H groups in total. The highest BCUT2D eigenvalue weighted by Gasteiger charge is 2.49. The van der Waals surface area contributed by atoms with Gasteiger partial charge in [-0.2, -0.15) is 0 Å². The van der Waals surface area contributed by atoms with Crippen molar-refractivity contribution in [3.63, 3.8) is 0 Å². The Morgan fingerprint density at radius 3 is 2.52 bits per heavy atom. The first-order chi connectivity index (χ1) is 10.1. The maximum atomic E-state index is 12.0. The maximum Gasteiger partial charge on any atom is 0.138 e. The molecule has 0 amide bonds. The molecule has 4 atom stereocenters. The molecule has 2 rings (SSSR count). The molecule has 1 aliphatic carbocycles. The van der Waals surface area contributed by atoms with E-state index in [0.717, 1.165) is 12.8 Å². The van der Waals surface area contributed by atoms with Gasteiger partial charge >= 0.3 is 0 Å². The Kier molecular flexibility index (Phi) is 6.24. The van der Waals surface area contributed by atoms with Crippen LogP contribution in [0.1, 0.15) is 85.0 Å². The van der Waals surface area contributed by atoms with Gasteiger partial charge in [0.05, 0.1) is 0 Å². The van der Waals surface area contributed by atoms with E-state index in [1.807, 2.05) is 6.92 Å². The van der Waals surface area contributed by atoms with Crippen molar-refractivity contribution in [3.05, 3.63) is 0 Å². The van der Waals surface area contributed by atoms with Crippen molar-refractivity contribution in [1.29, 1.82) is 0 Å². The quantitative estimate of drug-likeness (QED) is 0.475. The van der Waals surface area contributed by atoms with Gasteiger partial charge in [-0.05, 0) is 19.8 Å². The van der Waals surface area contributed by atoms with Crippen LogP contribution in [0.5, 0.6) is 0 Å². The first-order valence-corrected chi connectivity index (χ1v) is 8.94. The van der Waals surface area contributed by atoms with Crippen LogP contribution in [0.25, 0.3) is 0 Å². The molecule has 3 heteroatoms. The van der Waals surface area contributed by atoms with Crippen molar-refractivity contribution in [2.75, 3.05) is 0 Å². The Morgan fingerprint density at radius 2 is 1.81 bits per heavy atom. The van der Waals surface area contributed by atoms with Gasteiger partial charge in [0.25, 0.3) is 0 Å². The Bertz CT molecular complexity index is 341. The number of carbonyl (C=O) groups is 1. The standard InChI is InChI=1S/C18H32O3/c1-4-5-6-7-8-9-10-11-18(3)15-12-16(19)14(2)17(13-15)20-21-18/h14-15,17H,4-13H2,1-3H3/t14-,15+,17+,18+/m0/s1. The third-order valence-electron chi connectivity index (χ3n) is 5.53. The van der Waals surface area contributed by atoms with Crippen LogP contribution in [0.2, 0.25) is 0 Å². The van der Waals surface area contributed by atoms with Crippen molar-refractivity contribution >= 4 is 5.78 Å². The van der Waals surface area contributed by atoms with Crippen LogP contribution in [0.15, 0.2) is 0 Å². The summed E-state index contributed by atoms with van der Waals surface area (Å²) in [6.07, 6.45) is 11.8. The number of unbranched alkanes of at least 4 members (excludes halogenated alkanes) is 6. The van der Waals surface area contributed by atoms with Crippen LogP contribution < -0.4 is 0 Å². The van der Waals surface area contributed by atoms with Gasteiger partial charge in [0, 0.05) is 18.3 Å². The summed E-state index contributed by atoms with van der Waals surface area (Å²) >= 11 is 0. The smallest absolute Gasteiger partial charge is 0.138 e. The van der Waals surface area contributed by atoms with E-state index < -0.39 is 0 Å². The second-order valence-electron chi connectivity index (χ2n) is 7.29. The molecule has 21 heavy (non-hydrogen) atoms.